The highest BCUT2D eigenvalue weighted by molar-refractivity contribution is 6.11. The second-order valence-electron chi connectivity index (χ2n) is 13.4. The van der Waals surface area contributed by atoms with Crippen LogP contribution in [0, 0.1) is 0 Å². The first-order chi connectivity index (χ1) is 31.5. The van der Waals surface area contributed by atoms with Gasteiger partial charge in [-0.3, -0.25) is 0 Å². The molecule has 3 aromatic heterocycles. The van der Waals surface area contributed by atoms with Crippen molar-refractivity contribution >= 4 is 43.7 Å². The Kier molecular flexibility index (Phi) is 5.57. The normalized spacial score (nSPS) is 13.8. The lowest BCUT2D eigenvalue weighted by molar-refractivity contribution is 0.669. The van der Waals surface area contributed by atoms with Gasteiger partial charge in [0, 0.05) is 43.8 Å². The number of para-hydroxylation sites is 3. The molecular weight excluding hydrogens is 685 g/mol. The molecule has 0 saturated heterocycles. The fourth-order valence-corrected chi connectivity index (χ4v) is 7.44. The number of benzene rings is 8. The number of nitrogens with zero attached hydrogens (tertiary/aromatic N) is 4. The molecule has 0 fully saturated rings. The van der Waals surface area contributed by atoms with Gasteiger partial charge in [0.1, 0.15) is 11.2 Å². The van der Waals surface area contributed by atoms with Crippen molar-refractivity contribution in [2.75, 3.05) is 0 Å². The molecule has 11 rings (SSSR count). The summed E-state index contributed by atoms with van der Waals surface area (Å²) in [6, 6.07) is 40.4. The highest BCUT2D eigenvalue weighted by Crippen LogP contribution is 2.39. The minimum atomic E-state index is -0.504. The summed E-state index contributed by atoms with van der Waals surface area (Å²) in [7, 11) is 0. The van der Waals surface area contributed by atoms with Crippen LogP contribution in [0.15, 0.2) is 198 Å². The van der Waals surface area contributed by atoms with Crippen LogP contribution in [0.2, 0.25) is 0 Å². The minimum absolute atomic E-state index is 0.00474. The van der Waals surface area contributed by atoms with E-state index in [1.807, 2.05) is 121 Å². The quantitative estimate of drug-likeness (QED) is 0.171. The Morgan fingerprint density at radius 2 is 1.00 bits per heavy atom. The number of furan rings is 1. The fourth-order valence-electron chi connectivity index (χ4n) is 7.44. The largest absolute Gasteiger partial charge is 0.456 e. The average Bonchev–Trinajstić information content (AvgIpc) is 3.89. The summed E-state index contributed by atoms with van der Waals surface area (Å²) in [6.07, 6.45) is 0. The molecule has 0 unspecified atom stereocenters. The zero-order valence-corrected chi connectivity index (χ0v) is 29.5. The molecule has 11 aromatic rings. The summed E-state index contributed by atoms with van der Waals surface area (Å²) in [5.41, 5.74) is 6.99. The van der Waals surface area contributed by atoms with Gasteiger partial charge in [-0.05, 0) is 53.1 Å². The molecule has 0 bridgehead atoms. The van der Waals surface area contributed by atoms with Gasteiger partial charge in [0.25, 0.3) is 0 Å². The molecule has 0 aliphatic rings. The summed E-state index contributed by atoms with van der Waals surface area (Å²) in [5, 5.41) is 2.82. The summed E-state index contributed by atoms with van der Waals surface area (Å²) in [6.45, 7) is 0. The van der Waals surface area contributed by atoms with E-state index < -0.39 is 24.2 Å². The molecule has 8 aromatic carbocycles. The highest BCUT2D eigenvalue weighted by atomic mass is 16.3. The number of fused-ring (bicyclic) bond motifs is 6. The van der Waals surface area contributed by atoms with Crippen molar-refractivity contribution in [1.29, 1.82) is 0 Å². The first-order valence-electron chi connectivity index (χ1n) is 22.5. The van der Waals surface area contributed by atoms with E-state index in [9.17, 15) is 1.37 Å². The monoisotopic (exact) mass is 725 g/mol. The highest BCUT2D eigenvalue weighted by Gasteiger charge is 2.18. The Morgan fingerprint density at radius 1 is 0.393 bits per heavy atom. The van der Waals surface area contributed by atoms with Gasteiger partial charge >= 0.3 is 0 Å². The maximum absolute atomic E-state index is 9.17. The van der Waals surface area contributed by atoms with Crippen molar-refractivity contribution in [3.05, 3.63) is 194 Å². The lowest BCUT2D eigenvalue weighted by atomic mass is 10.0. The van der Waals surface area contributed by atoms with Crippen LogP contribution in [0.4, 0.5) is 0 Å². The molecular formula is C51H32N4O. The standard InChI is InChI=1S/C51H32N4O/c1-3-13-33(14-4-1)37-27-29-41-40-18-8-11-21-45(40)55(46(41)31-37)44-20-10-7-17-39(44)34-23-25-36(26-24-34)50-52-49(35-15-5-2-6-16-35)53-51(54-50)38-28-30-43-42-19-9-12-22-47(42)56-48(43)32-38/h1-32H/i1D,3D,4D,8D,11D,13D,14D,18D,21D. The van der Waals surface area contributed by atoms with Crippen molar-refractivity contribution in [3.8, 4) is 62.1 Å². The van der Waals surface area contributed by atoms with Gasteiger partial charge in [0.15, 0.2) is 17.5 Å². The lowest BCUT2D eigenvalue weighted by Crippen LogP contribution is -2.00. The van der Waals surface area contributed by atoms with E-state index in [-0.39, 0.29) is 41.3 Å². The van der Waals surface area contributed by atoms with Gasteiger partial charge in [-0.1, -0.05) is 158 Å². The number of hydrogen-bond acceptors (Lipinski definition) is 4. The van der Waals surface area contributed by atoms with E-state index >= 15 is 0 Å². The molecule has 0 N–H and O–H groups in total. The van der Waals surface area contributed by atoms with Crippen LogP contribution in [0.5, 0.6) is 0 Å². The van der Waals surface area contributed by atoms with E-state index in [1.54, 1.807) is 22.8 Å². The van der Waals surface area contributed by atoms with Crippen molar-refractivity contribution in [2.24, 2.45) is 0 Å². The summed E-state index contributed by atoms with van der Waals surface area (Å²) < 4.78 is 85.7. The molecule has 5 nitrogen and oxygen atoms in total. The van der Waals surface area contributed by atoms with E-state index in [1.165, 1.54) is 0 Å². The topological polar surface area (TPSA) is 56.7 Å². The van der Waals surface area contributed by atoms with E-state index in [0.29, 0.717) is 45.0 Å². The van der Waals surface area contributed by atoms with E-state index in [2.05, 4.69) is 0 Å². The van der Waals surface area contributed by atoms with Gasteiger partial charge < -0.3 is 8.98 Å². The number of aromatic nitrogens is 4. The van der Waals surface area contributed by atoms with Crippen molar-refractivity contribution in [2.45, 2.75) is 0 Å². The number of rotatable bonds is 6. The molecule has 3 heterocycles. The van der Waals surface area contributed by atoms with Crippen LogP contribution < -0.4 is 0 Å². The zero-order chi connectivity index (χ0) is 44.8. The fraction of sp³-hybridized carbons (Fsp3) is 0. The van der Waals surface area contributed by atoms with Crippen molar-refractivity contribution < 1.29 is 16.8 Å². The Labute approximate surface area is 335 Å². The molecule has 0 radical (unpaired) electrons. The third kappa shape index (κ3) is 5.37. The van der Waals surface area contributed by atoms with Crippen molar-refractivity contribution in [3.63, 3.8) is 0 Å². The molecule has 0 aliphatic heterocycles. The summed E-state index contributed by atoms with van der Waals surface area (Å²) in [5.74, 6) is 1.44. The molecule has 0 aliphatic carbocycles. The maximum Gasteiger partial charge on any atom is 0.164 e. The Balaban J connectivity index is 1.07. The van der Waals surface area contributed by atoms with Gasteiger partial charge in [0.2, 0.25) is 0 Å². The molecule has 5 heteroatoms. The van der Waals surface area contributed by atoms with E-state index in [4.69, 9.17) is 30.3 Å². The van der Waals surface area contributed by atoms with E-state index in [0.717, 1.165) is 49.8 Å². The van der Waals surface area contributed by atoms with Gasteiger partial charge in [-0.15, -0.1) is 0 Å². The zero-order valence-electron chi connectivity index (χ0n) is 38.5. The Bertz CT molecular complexity index is 3750. The predicted molar refractivity (Wildman–Crippen MR) is 229 cm³/mol. The van der Waals surface area contributed by atoms with Gasteiger partial charge in [0.05, 0.1) is 29.1 Å². The lowest BCUT2D eigenvalue weighted by Gasteiger charge is -2.15. The maximum atomic E-state index is 9.17. The minimum Gasteiger partial charge on any atom is -0.456 e. The first kappa shape index (κ1) is 23.9. The Morgan fingerprint density at radius 3 is 1.84 bits per heavy atom. The summed E-state index contributed by atoms with van der Waals surface area (Å²) in [4.78, 5) is 14.8. The Hall–Kier alpha value is -7.63. The van der Waals surface area contributed by atoms with Gasteiger partial charge in [-0.2, -0.15) is 0 Å². The molecule has 0 spiro atoms. The second kappa shape index (κ2) is 13.0. The second-order valence-corrected chi connectivity index (χ2v) is 13.4. The van der Waals surface area contributed by atoms with Crippen LogP contribution in [-0.2, 0) is 0 Å². The first-order valence-corrected chi connectivity index (χ1v) is 18.0. The molecule has 0 saturated carbocycles. The average molecular weight is 726 g/mol. The predicted octanol–water partition coefficient (Wildman–Crippen LogP) is 13.2. The third-order valence-electron chi connectivity index (χ3n) is 10.1. The van der Waals surface area contributed by atoms with Crippen LogP contribution in [0.1, 0.15) is 12.3 Å². The van der Waals surface area contributed by atoms with Crippen LogP contribution in [0.3, 0.4) is 0 Å². The molecule has 56 heavy (non-hydrogen) atoms. The van der Waals surface area contributed by atoms with Gasteiger partial charge in [-0.25, -0.2) is 15.0 Å². The van der Waals surface area contributed by atoms with Crippen LogP contribution in [-0.4, -0.2) is 19.5 Å². The SMILES string of the molecule is [2H]c1c([2H])c([2H])c(-c2ccc3c4c([2H])c([2H])c([2H])c([2H])c4n(-c4ccccc4-c4ccc(-c5nc(-c6ccccc6)nc(-c6ccc7c(c6)oc6ccccc67)n5)cc4)c3c2)c([2H])c1[2H]. The molecule has 262 valence electrons. The smallest absolute Gasteiger partial charge is 0.164 e. The number of hydrogen-bond donors (Lipinski definition) is 0. The van der Waals surface area contributed by atoms with Crippen LogP contribution in [0.25, 0.3) is 106 Å². The third-order valence-corrected chi connectivity index (χ3v) is 10.1. The van der Waals surface area contributed by atoms with Crippen LogP contribution >= 0.6 is 0 Å². The summed E-state index contributed by atoms with van der Waals surface area (Å²) >= 11 is 0. The van der Waals surface area contributed by atoms with Crippen molar-refractivity contribution in [1.82, 2.24) is 19.5 Å². The molecule has 0 atom stereocenters. The molecule has 0 amide bonds.